The van der Waals surface area contributed by atoms with E-state index in [0.717, 1.165) is 18.0 Å². The van der Waals surface area contributed by atoms with E-state index in [0.29, 0.717) is 17.5 Å². The Morgan fingerprint density at radius 3 is 2.95 bits per heavy atom. The summed E-state index contributed by atoms with van der Waals surface area (Å²) in [5.41, 5.74) is 0.331. The highest BCUT2D eigenvalue weighted by molar-refractivity contribution is 7.13. The number of rotatable bonds is 5. The maximum absolute atomic E-state index is 9.16. The number of piperidine rings is 1. The third-order valence-corrected chi connectivity index (χ3v) is 4.49. The molecule has 1 aliphatic rings. The molecule has 6 heteroatoms. The van der Waals surface area contributed by atoms with Gasteiger partial charge in [-0.05, 0) is 37.4 Å². The fraction of sp³-hybridized carbons (Fsp3) is 0.467. The molecule has 0 unspecified atom stereocenters. The Labute approximate surface area is 128 Å². The van der Waals surface area contributed by atoms with Crippen molar-refractivity contribution in [1.29, 1.82) is 5.26 Å². The second kappa shape index (κ2) is 6.74. The molecule has 0 aromatic carbocycles. The van der Waals surface area contributed by atoms with Crippen LogP contribution in [0, 0.1) is 11.3 Å². The maximum Gasteiger partial charge on any atom is 0.240 e. The minimum atomic E-state index is 0.331. The monoisotopic (exact) mass is 302 g/mol. The lowest BCUT2D eigenvalue weighted by atomic mass is 10.1. The van der Waals surface area contributed by atoms with Crippen molar-refractivity contribution in [3.05, 3.63) is 23.2 Å². The number of nitrogens with one attached hydrogen (secondary N) is 1. The van der Waals surface area contributed by atoms with Crippen LogP contribution in [0.1, 0.15) is 25.0 Å². The fourth-order valence-corrected chi connectivity index (χ4v) is 3.18. The number of nitrogens with zero attached hydrogens (tertiary/aromatic N) is 3. The highest BCUT2D eigenvalue weighted by Crippen LogP contribution is 2.28. The Morgan fingerprint density at radius 2 is 2.24 bits per heavy atom. The van der Waals surface area contributed by atoms with E-state index >= 15 is 0 Å². The van der Waals surface area contributed by atoms with Crippen LogP contribution in [0.25, 0.3) is 10.8 Å². The van der Waals surface area contributed by atoms with Gasteiger partial charge in [-0.1, -0.05) is 12.5 Å². The van der Waals surface area contributed by atoms with Gasteiger partial charge in [-0.15, -0.1) is 11.3 Å². The molecule has 1 N–H and O–H groups in total. The first-order chi connectivity index (χ1) is 10.4. The van der Waals surface area contributed by atoms with Gasteiger partial charge in [0.15, 0.2) is 0 Å². The van der Waals surface area contributed by atoms with Crippen molar-refractivity contribution < 1.29 is 4.42 Å². The third kappa shape index (κ3) is 3.43. The largest absolute Gasteiger partial charge is 0.418 e. The fourth-order valence-electron chi connectivity index (χ4n) is 2.53. The second-order valence-electron chi connectivity index (χ2n) is 5.11. The SMILES string of the molecule is N#Cc1nc(-c2cccs2)oc1NCCN1CCCCC1. The molecule has 0 atom stereocenters. The lowest BCUT2D eigenvalue weighted by molar-refractivity contribution is 0.236. The zero-order chi connectivity index (χ0) is 14.5. The van der Waals surface area contributed by atoms with Crippen LogP contribution in [0.2, 0.25) is 0 Å². The molecule has 110 valence electrons. The van der Waals surface area contributed by atoms with Crippen molar-refractivity contribution >= 4 is 17.2 Å². The van der Waals surface area contributed by atoms with Crippen molar-refractivity contribution in [3.8, 4) is 16.8 Å². The lowest BCUT2D eigenvalue weighted by Crippen LogP contribution is -2.33. The van der Waals surface area contributed by atoms with E-state index in [9.17, 15) is 0 Å². The van der Waals surface area contributed by atoms with Crippen molar-refractivity contribution in [2.45, 2.75) is 19.3 Å². The Bertz CT molecular complexity index is 608. The summed E-state index contributed by atoms with van der Waals surface area (Å²) in [5.74, 6) is 1.000. The van der Waals surface area contributed by atoms with Crippen LogP contribution in [-0.2, 0) is 0 Å². The minimum Gasteiger partial charge on any atom is -0.418 e. The van der Waals surface area contributed by atoms with E-state index in [1.54, 1.807) is 11.3 Å². The predicted octanol–water partition coefficient (Wildman–Crippen LogP) is 3.17. The molecular weight excluding hydrogens is 284 g/mol. The topological polar surface area (TPSA) is 65.1 Å². The molecule has 0 spiro atoms. The summed E-state index contributed by atoms with van der Waals surface area (Å²) in [6.07, 6.45) is 3.91. The molecule has 3 heterocycles. The number of likely N-dealkylation sites (tertiary alicyclic amines) is 1. The molecule has 3 rings (SSSR count). The van der Waals surface area contributed by atoms with Crippen molar-refractivity contribution in [2.24, 2.45) is 0 Å². The molecule has 5 nitrogen and oxygen atoms in total. The van der Waals surface area contributed by atoms with Gasteiger partial charge in [-0.3, -0.25) is 0 Å². The van der Waals surface area contributed by atoms with E-state index < -0.39 is 0 Å². The quantitative estimate of drug-likeness (QED) is 0.919. The number of thiophene rings is 1. The average molecular weight is 302 g/mol. The molecule has 0 radical (unpaired) electrons. The molecule has 1 fully saturated rings. The number of anilines is 1. The molecular formula is C15H18N4OS. The summed E-state index contributed by atoms with van der Waals surface area (Å²) >= 11 is 1.55. The highest BCUT2D eigenvalue weighted by atomic mass is 32.1. The van der Waals surface area contributed by atoms with Crippen LogP contribution in [0.3, 0.4) is 0 Å². The van der Waals surface area contributed by atoms with Crippen LogP contribution in [-0.4, -0.2) is 36.1 Å². The third-order valence-electron chi connectivity index (χ3n) is 3.63. The van der Waals surface area contributed by atoms with E-state index in [4.69, 9.17) is 9.68 Å². The first kappa shape index (κ1) is 14.1. The van der Waals surface area contributed by atoms with Crippen LogP contribution in [0.5, 0.6) is 0 Å². The van der Waals surface area contributed by atoms with Gasteiger partial charge in [0.1, 0.15) is 6.07 Å². The summed E-state index contributed by atoms with van der Waals surface area (Å²) in [6.45, 7) is 4.08. The van der Waals surface area contributed by atoms with Gasteiger partial charge < -0.3 is 14.6 Å². The van der Waals surface area contributed by atoms with Crippen LogP contribution in [0.15, 0.2) is 21.9 Å². The molecule has 2 aromatic heterocycles. The van der Waals surface area contributed by atoms with E-state index in [1.165, 1.54) is 32.4 Å². The van der Waals surface area contributed by atoms with E-state index in [1.807, 2.05) is 17.5 Å². The molecule has 21 heavy (non-hydrogen) atoms. The van der Waals surface area contributed by atoms with Crippen molar-refractivity contribution in [2.75, 3.05) is 31.5 Å². The van der Waals surface area contributed by atoms with Gasteiger partial charge in [-0.25, -0.2) is 0 Å². The summed E-state index contributed by atoms with van der Waals surface area (Å²) in [5, 5.41) is 14.3. The molecule has 0 amide bonds. The van der Waals surface area contributed by atoms with Crippen LogP contribution >= 0.6 is 11.3 Å². The standard InChI is InChI=1S/C15H18N4OS/c16-11-12-14(17-6-9-19-7-2-1-3-8-19)20-15(18-12)13-5-4-10-21-13/h4-5,10,17H,1-3,6-9H2. The van der Waals surface area contributed by atoms with Gasteiger partial charge in [0, 0.05) is 13.1 Å². The van der Waals surface area contributed by atoms with E-state index in [2.05, 4.69) is 21.3 Å². The number of hydrogen-bond donors (Lipinski definition) is 1. The first-order valence-electron chi connectivity index (χ1n) is 7.28. The summed E-state index contributed by atoms with van der Waals surface area (Å²) in [7, 11) is 0. The first-order valence-corrected chi connectivity index (χ1v) is 8.16. The zero-order valence-corrected chi connectivity index (χ0v) is 12.7. The van der Waals surface area contributed by atoms with Crippen molar-refractivity contribution in [1.82, 2.24) is 9.88 Å². The Hall–Kier alpha value is -1.84. The second-order valence-corrected chi connectivity index (χ2v) is 6.06. The summed E-state index contributed by atoms with van der Waals surface area (Å²) < 4.78 is 5.69. The number of hydrogen-bond acceptors (Lipinski definition) is 6. The maximum atomic E-state index is 9.16. The molecule has 0 saturated carbocycles. The van der Waals surface area contributed by atoms with Gasteiger partial charge >= 0.3 is 0 Å². The van der Waals surface area contributed by atoms with Crippen molar-refractivity contribution in [3.63, 3.8) is 0 Å². The molecule has 0 bridgehead atoms. The number of aromatic nitrogens is 1. The van der Waals surface area contributed by atoms with Gasteiger partial charge in [0.2, 0.25) is 17.5 Å². The van der Waals surface area contributed by atoms with E-state index in [-0.39, 0.29) is 0 Å². The van der Waals surface area contributed by atoms with Gasteiger partial charge in [0.05, 0.1) is 4.88 Å². The summed E-state index contributed by atoms with van der Waals surface area (Å²) in [6, 6.07) is 5.97. The highest BCUT2D eigenvalue weighted by Gasteiger charge is 2.15. The smallest absolute Gasteiger partial charge is 0.240 e. The van der Waals surface area contributed by atoms with Crippen LogP contribution < -0.4 is 5.32 Å². The normalized spacial score (nSPS) is 15.8. The summed E-state index contributed by atoms with van der Waals surface area (Å²) in [4.78, 5) is 7.63. The minimum absolute atomic E-state index is 0.331. The van der Waals surface area contributed by atoms with Gasteiger partial charge in [-0.2, -0.15) is 10.2 Å². The van der Waals surface area contributed by atoms with Gasteiger partial charge in [0.25, 0.3) is 0 Å². The Morgan fingerprint density at radius 1 is 1.38 bits per heavy atom. The Kier molecular flexibility index (Phi) is 4.53. The molecule has 2 aromatic rings. The lowest BCUT2D eigenvalue weighted by Gasteiger charge is -2.26. The molecule has 0 aliphatic carbocycles. The number of nitriles is 1. The average Bonchev–Trinajstić information content (AvgIpc) is 3.17. The predicted molar refractivity (Wildman–Crippen MR) is 83.3 cm³/mol. The zero-order valence-electron chi connectivity index (χ0n) is 11.8. The number of oxazole rings is 1. The molecule has 1 aliphatic heterocycles. The van der Waals surface area contributed by atoms with Crippen LogP contribution in [0.4, 0.5) is 5.88 Å². The molecule has 1 saturated heterocycles. The Balaban J connectivity index is 1.61.